The lowest BCUT2D eigenvalue weighted by Gasteiger charge is -2.13. The average Bonchev–Trinajstić information content (AvgIpc) is 2.88. The Morgan fingerprint density at radius 2 is 2.29 bits per heavy atom. The summed E-state index contributed by atoms with van der Waals surface area (Å²) < 4.78 is 5.76. The first-order valence-corrected chi connectivity index (χ1v) is 8.07. The van der Waals surface area contributed by atoms with Gasteiger partial charge in [0.05, 0.1) is 6.54 Å². The maximum atomic E-state index is 12.0. The van der Waals surface area contributed by atoms with Gasteiger partial charge >= 0.3 is 0 Å². The minimum absolute atomic E-state index is 0.0128. The minimum atomic E-state index is -0.0128. The number of carbonyl (C=O) groups excluding carboxylic acids is 1. The van der Waals surface area contributed by atoms with E-state index in [9.17, 15) is 4.79 Å². The van der Waals surface area contributed by atoms with Crippen LogP contribution in [0.3, 0.4) is 0 Å². The van der Waals surface area contributed by atoms with Crippen LogP contribution in [0.5, 0.6) is 0 Å². The molecule has 0 aliphatic heterocycles. The van der Waals surface area contributed by atoms with Crippen molar-refractivity contribution in [2.75, 3.05) is 7.05 Å². The molecule has 2 aromatic rings. The lowest BCUT2D eigenvalue weighted by Crippen LogP contribution is -2.23. The zero-order valence-electron chi connectivity index (χ0n) is 12.3. The highest BCUT2D eigenvalue weighted by molar-refractivity contribution is 7.09. The van der Waals surface area contributed by atoms with Gasteiger partial charge in [-0.1, -0.05) is 13.0 Å². The molecular formula is C17H19NO2S. The molecule has 1 amide bonds. The lowest BCUT2D eigenvalue weighted by atomic mass is 10.3. The van der Waals surface area contributed by atoms with Gasteiger partial charge in [-0.15, -0.1) is 11.3 Å². The van der Waals surface area contributed by atoms with Crippen LogP contribution < -0.4 is 0 Å². The molecule has 2 heterocycles. The van der Waals surface area contributed by atoms with Gasteiger partial charge in [0.1, 0.15) is 11.5 Å². The second kappa shape index (κ2) is 5.90. The summed E-state index contributed by atoms with van der Waals surface area (Å²) in [6, 6.07) is 7.99. The maximum Gasteiger partial charge on any atom is 0.246 e. The van der Waals surface area contributed by atoms with Crippen molar-refractivity contribution in [1.82, 2.24) is 4.90 Å². The summed E-state index contributed by atoms with van der Waals surface area (Å²) in [7, 11) is 1.81. The quantitative estimate of drug-likeness (QED) is 0.778. The van der Waals surface area contributed by atoms with E-state index >= 15 is 0 Å². The molecule has 1 fully saturated rings. The van der Waals surface area contributed by atoms with Crippen LogP contribution in [0.1, 0.15) is 35.7 Å². The third-order valence-corrected chi connectivity index (χ3v) is 4.72. The number of carbonyl (C=O) groups is 1. The SMILES string of the molecule is C[C@@H]1C[C@@H]1c1ccc(/C=C/C(=O)N(C)Cc2cccs2)o1. The standard InChI is InChI=1S/C17H19NO2S/c1-12-10-15(12)16-7-5-13(20-16)6-8-17(19)18(2)11-14-4-3-9-21-14/h3-9,12,15H,10-11H2,1-2H3/b8-6+/t12-,15+/m1/s1. The molecule has 0 N–H and O–H groups in total. The topological polar surface area (TPSA) is 33.5 Å². The Morgan fingerprint density at radius 3 is 2.95 bits per heavy atom. The Kier molecular flexibility index (Phi) is 3.97. The Balaban J connectivity index is 1.57. The Bertz CT molecular complexity index is 642. The first-order chi connectivity index (χ1) is 10.1. The van der Waals surface area contributed by atoms with E-state index < -0.39 is 0 Å². The van der Waals surface area contributed by atoms with Gasteiger partial charge in [0.2, 0.25) is 5.91 Å². The summed E-state index contributed by atoms with van der Waals surface area (Å²) in [4.78, 5) is 14.9. The Hall–Kier alpha value is -1.81. The normalized spacial score (nSPS) is 20.9. The third-order valence-electron chi connectivity index (χ3n) is 3.86. The number of furan rings is 1. The predicted molar refractivity (Wildman–Crippen MR) is 85.1 cm³/mol. The fourth-order valence-corrected chi connectivity index (χ4v) is 3.13. The molecule has 4 heteroatoms. The highest BCUT2D eigenvalue weighted by atomic mass is 32.1. The fraction of sp³-hybridized carbons (Fsp3) is 0.353. The third kappa shape index (κ3) is 3.45. The molecule has 0 spiro atoms. The van der Waals surface area contributed by atoms with Crippen LogP contribution in [-0.2, 0) is 11.3 Å². The summed E-state index contributed by atoms with van der Waals surface area (Å²) in [5, 5.41) is 2.02. The zero-order valence-corrected chi connectivity index (χ0v) is 13.1. The molecule has 3 nitrogen and oxygen atoms in total. The second-order valence-electron chi connectivity index (χ2n) is 5.67. The van der Waals surface area contributed by atoms with E-state index in [1.54, 1.807) is 28.4 Å². The number of thiophene rings is 1. The van der Waals surface area contributed by atoms with E-state index in [1.807, 2.05) is 36.7 Å². The van der Waals surface area contributed by atoms with Crippen LogP contribution in [0.4, 0.5) is 0 Å². The van der Waals surface area contributed by atoms with E-state index in [1.165, 1.54) is 11.3 Å². The van der Waals surface area contributed by atoms with Crippen LogP contribution in [0, 0.1) is 5.92 Å². The van der Waals surface area contributed by atoms with Gasteiger partial charge in [-0.25, -0.2) is 0 Å². The molecule has 2 atom stereocenters. The molecule has 2 aromatic heterocycles. The van der Waals surface area contributed by atoms with E-state index in [0.29, 0.717) is 12.5 Å². The monoisotopic (exact) mass is 301 g/mol. The number of nitrogens with zero attached hydrogens (tertiary/aromatic N) is 1. The molecule has 0 aromatic carbocycles. The van der Waals surface area contributed by atoms with Crippen molar-refractivity contribution in [1.29, 1.82) is 0 Å². The highest BCUT2D eigenvalue weighted by Crippen LogP contribution is 2.47. The van der Waals surface area contributed by atoms with Crippen LogP contribution in [0.2, 0.25) is 0 Å². The van der Waals surface area contributed by atoms with Crippen LogP contribution >= 0.6 is 11.3 Å². The summed E-state index contributed by atoms with van der Waals surface area (Å²) in [6.07, 6.45) is 4.54. The van der Waals surface area contributed by atoms with Crippen molar-refractivity contribution >= 4 is 23.3 Å². The van der Waals surface area contributed by atoms with Crippen molar-refractivity contribution in [3.63, 3.8) is 0 Å². The molecule has 0 unspecified atom stereocenters. The number of rotatable bonds is 5. The Morgan fingerprint density at radius 1 is 1.48 bits per heavy atom. The van der Waals surface area contributed by atoms with Crippen molar-refractivity contribution in [2.45, 2.75) is 25.8 Å². The highest BCUT2D eigenvalue weighted by Gasteiger charge is 2.36. The molecule has 110 valence electrons. The van der Waals surface area contributed by atoms with Crippen LogP contribution in [0.15, 0.2) is 40.1 Å². The summed E-state index contributed by atoms with van der Waals surface area (Å²) in [6.45, 7) is 2.87. The lowest BCUT2D eigenvalue weighted by molar-refractivity contribution is -0.125. The fourth-order valence-electron chi connectivity index (χ4n) is 2.37. The van der Waals surface area contributed by atoms with Crippen molar-refractivity contribution in [3.05, 3.63) is 52.1 Å². The summed E-state index contributed by atoms with van der Waals surface area (Å²) in [5.41, 5.74) is 0. The van der Waals surface area contributed by atoms with Gasteiger partial charge < -0.3 is 9.32 Å². The molecule has 1 saturated carbocycles. The molecular weight excluding hydrogens is 282 g/mol. The summed E-state index contributed by atoms with van der Waals surface area (Å²) in [5.74, 6) is 3.08. The van der Waals surface area contributed by atoms with Crippen molar-refractivity contribution < 1.29 is 9.21 Å². The first kappa shape index (κ1) is 14.1. The number of hydrogen-bond acceptors (Lipinski definition) is 3. The van der Waals surface area contributed by atoms with Gasteiger partial charge in [0, 0.05) is 23.9 Å². The maximum absolute atomic E-state index is 12.0. The van der Waals surface area contributed by atoms with E-state index in [2.05, 4.69) is 6.92 Å². The average molecular weight is 301 g/mol. The molecule has 1 aliphatic carbocycles. The van der Waals surface area contributed by atoms with Crippen molar-refractivity contribution in [3.8, 4) is 0 Å². The molecule has 0 saturated heterocycles. The van der Waals surface area contributed by atoms with Gasteiger partial charge in [0.25, 0.3) is 0 Å². The zero-order chi connectivity index (χ0) is 14.8. The number of likely N-dealkylation sites (N-methyl/N-ethyl adjacent to an activating group) is 1. The van der Waals surface area contributed by atoms with E-state index in [4.69, 9.17) is 4.42 Å². The van der Waals surface area contributed by atoms with E-state index in [-0.39, 0.29) is 5.91 Å². The molecule has 21 heavy (non-hydrogen) atoms. The number of hydrogen-bond donors (Lipinski definition) is 0. The molecule has 0 bridgehead atoms. The first-order valence-electron chi connectivity index (χ1n) is 7.19. The smallest absolute Gasteiger partial charge is 0.246 e. The van der Waals surface area contributed by atoms with Crippen LogP contribution in [-0.4, -0.2) is 17.9 Å². The van der Waals surface area contributed by atoms with Gasteiger partial charge in [0.15, 0.2) is 0 Å². The minimum Gasteiger partial charge on any atom is -0.461 e. The van der Waals surface area contributed by atoms with Crippen molar-refractivity contribution in [2.24, 2.45) is 5.92 Å². The van der Waals surface area contributed by atoms with Gasteiger partial charge in [-0.05, 0) is 42.0 Å². The summed E-state index contributed by atoms with van der Waals surface area (Å²) >= 11 is 1.66. The molecule has 3 rings (SSSR count). The molecule has 1 aliphatic rings. The largest absolute Gasteiger partial charge is 0.461 e. The second-order valence-corrected chi connectivity index (χ2v) is 6.70. The van der Waals surface area contributed by atoms with Gasteiger partial charge in [-0.3, -0.25) is 4.79 Å². The van der Waals surface area contributed by atoms with Gasteiger partial charge in [-0.2, -0.15) is 0 Å². The van der Waals surface area contributed by atoms with Crippen LogP contribution in [0.25, 0.3) is 6.08 Å². The number of amides is 1. The van der Waals surface area contributed by atoms with E-state index in [0.717, 1.165) is 17.4 Å². The Labute approximate surface area is 128 Å². The molecule has 0 radical (unpaired) electrons. The predicted octanol–water partition coefficient (Wildman–Crippen LogP) is 4.14.